The van der Waals surface area contributed by atoms with E-state index in [1.807, 2.05) is 6.07 Å². The number of hydrogen-bond acceptors (Lipinski definition) is 1. The molecule has 0 spiro atoms. The third-order valence-corrected chi connectivity index (χ3v) is 3.25. The molecule has 0 radical (unpaired) electrons. The number of rotatable bonds is 2. The molecule has 0 aliphatic heterocycles. The third-order valence-electron chi connectivity index (χ3n) is 3.25. The molecule has 0 fully saturated rings. The van der Waals surface area contributed by atoms with Crippen molar-refractivity contribution >= 4 is 5.71 Å². The zero-order valence-electron chi connectivity index (χ0n) is 9.76. The minimum atomic E-state index is 0.796. The van der Waals surface area contributed by atoms with Crippen LogP contribution in [0.5, 0.6) is 0 Å². The van der Waals surface area contributed by atoms with Gasteiger partial charge in [-0.25, -0.2) is 0 Å². The zero-order chi connectivity index (χ0) is 11.5. The molecule has 0 aromatic heterocycles. The molecule has 0 N–H and O–H groups in total. The van der Waals surface area contributed by atoms with Crippen LogP contribution in [0, 0.1) is 0 Å². The maximum Gasteiger partial charge on any atom is 0.0643 e. The first-order valence-corrected chi connectivity index (χ1v) is 6.09. The molecule has 1 aliphatic rings. The minimum Gasteiger partial charge on any atom is -0.284 e. The first kappa shape index (κ1) is 10.3. The predicted molar refractivity (Wildman–Crippen MR) is 71.4 cm³/mol. The van der Waals surface area contributed by atoms with E-state index in [0.29, 0.717) is 0 Å². The van der Waals surface area contributed by atoms with E-state index in [-0.39, 0.29) is 0 Å². The molecule has 0 saturated carbocycles. The number of nitrogens with zero attached hydrogens (tertiary/aromatic N) is 1. The summed E-state index contributed by atoms with van der Waals surface area (Å²) in [5.74, 6) is 0. The summed E-state index contributed by atoms with van der Waals surface area (Å²) in [4.78, 5) is 4.75. The van der Waals surface area contributed by atoms with Crippen molar-refractivity contribution < 1.29 is 0 Å². The van der Waals surface area contributed by atoms with Crippen LogP contribution in [0.2, 0.25) is 0 Å². The largest absolute Gasteiger partial charge is 0.284 e. The summed E-state index contributed by atoms with van der Waals surface area (Å²) in [6, 6.07) is 19.0. The van der Waals surface area contributed by atoms with Gasteiger partial charge in [0.1, 0.15) is 0 Å². The summed E-state index contributed by atoms with van der Waals surface area (Å²) in [6.07, 6.45) is 2.23. The van der Waals surface area contributed by atoms with Crippen molar-refractivity contribution in [3.63, 3.8) is 0 Å². The van der Waals surface area contributed by atoms with Crippen molar-refractivity contribution in [3.8, 4) is 0 Å². The normalized spacial score (nSPS) is 16.1. The van der Waals surface area contributed by atoms with Gasteiger partial charge >= 0.3 is 0 Å². The van der Waals surface area contributed by atoms with E-state index in [0.717, 1.165) is 19.4 Å². The fourth-order valence-corrected chi connectivity index (χ4v) is 2.34. The topological polar surface area (TPSA) is 12.4 Å². The van der Waals surface area contributed by atoms with Crippen LogP contribution in [0.15, 0.2) is 59.6 Å². The Morgan fingerprint density at radius 3 is 2.47 bits per heavy atom. The van der Waals surface area contributed by atoms with Crippen LogP contribution in [-0.2, 0) is 13.0 Å². The van der Waals surface area contributed by atoms with Crippen LogP contribution in [0.3, 0.4) is 0 Å². The van der Waals surface area contributed by atoms with Gasteiger partial charge in [-0.1, -0.05) is 54.6 Å². The Morgan fingerprint density at radius 1 is 0.824 bits per heavy atom. The molecule has 1 nitrogen and oxygen atoms in total. The van der Waals surface area contributed by atoms with Crippen molar-refractivity contribution in [1.82, 2.24) is 0 Å². The zero-order valence-corrected chi connectivity index (χ0v) is 9.76. The van der Waals surface area contributed by atoms with Crippen LogP contribution in [0.1, 0.15) is 23.1 Å². The molecule has 17 heavy (non-hydrogen) atoms. The highest BCUT2D eigenvalue weighted by molar-refractivity contribution is 6.04. The second-order valence-corrected chi connectivity index (χ2v) is 4.41. The third kappa shape index (κ3) is 2.14. The van der Waals surface area contributed by atoms with E-state index in [1.54, 1.807) is 0 Å². The molecule has 3 rings (SSSR count). The van der Waals surface area contributed by atoms with Crippen molar-refractivity contribution in [3.05, 3.63) is 71.3 Å². The predicted octanol–water partition coefficient (Wildman–Crippen LogP) is 3.62. The highest BCUT2D eigenvalue weighted by Crippen LogP contribution is 2.22. The molecule has 0 unspecified atom stereocenters. The van der Waals surface area contributed by atoms with E-state index in [9.17, 15) is 0 Å². The molecule has 0 saturated heterocycles. The first-order chi connectivity index (χ1) is 8.43. The molecule has 2 aromatic carbocycles. The molecule has 0 heterocycles. The SMILES string of the molecule is c1ccc(C/N=C2\CCc3ccccc32)cc1. The molecule has 1 heteroatoms. The van der Waals surface area contributed by atoms with Gasteiger partial charge in [0.25, 0.3) is 0 Å². The van der Waals surface area contributed by atoms with Crippen molar-refractivity contribution in [2.75, 3.05) is 0 Å². The lowest BCUT2D eigenvalue weighted by Gasteiger charge is -2.00. The monoisotopic (exact) mass is 221 g/mol. The fourth-order valence-electron chi connectivity index (χ4n) is 2.34. The molecule has 0 atom stereocenters. The van der Waals surface area contributed by atoms with Gasteiger partial charge < -0.3 is 0 Å². The van der Waals surface area contributed by atoms with E-state index >= 15 is 0 Å². The number of benzene rings is 2. The maximum absolute atomic E-state index is 4.75. The van der Waals surface area contributed by atoms with Gasteiger partial charge in [-0.3, -0.25) is 4.99 Å². The second kappa shape index (κ2) is 4.54. The van der Waals surface area contributed by atoms with Crippen LogP contribution >= 0.6 is 0 Å². The molecule has 84 valence electrons. The number of aryl methyl sites for hydroxylation is 1. The lowest BCUT2D eigenvalue weighted by Crippen LogP contribution is -1.95. The highest BCUT2D eigenvalue weighted by Gasteiger charge is 2.15. The number of fused-ring (bicyclic) bond motifs is 1. The first-order valence-electron chi connectivity index (χ1n) is 6.09. The Hall–Kier alpha value is -1.89. The van der Waals surface area contributed by atoms with E-state index in [4.69, 9.17) is 4.99 Å². The highest BCUT2D eigenvalue weighted by atomic mass is 14.7. The van der Waals surface area contributed by atoms with Crippen molar-refractivity contribution in [1.29, 1.82) is 0 Å². The summed E-state index contributed by atoms with van der Waals surface area (Å²) in [7, 11) is 0. The van der Waals surface area contributed by atoms with E-state index < -0.39 is 0 Å². The van der Waals surface area contributed by atoms with Gasteiger partial charge in [0.15, 0.2) is 0 Å². The Kier molecular flexibility index (Phi) is 2.74. The molecule has 1 aliphatic carbocycles. The van der Waals surface area contributed by atoms with Crippen LogP contribution in [0.25, 0.3) is 0 Å². The summed E-state index contributed by atoms with van der Waals surface area (Å²) in [6.45, 7) is 0.796. The average molecular weight is 221 g/mol. The Morgan fingerprint density at radius 2 is 1.59 bits per heavy atom. The van der Waals surface area contributed by atoms with Gasteiger partial charge in [-0.05, 0) is 29.5 Å². The lowest BCUT2D eigenvalue weighted by molar-refractivity contribution is 1.03. The summed E-state index contributed by atoms with van der Waals surface area (Å²) in [5, 5.41) is 0. The minimum absolute atomic E-state index is 0.796. The average Bonchev–Trinajstić information content (AvgIpc) is 2.81. The van der Waals surface area contributed by atoms with Crippen molar-refractivity contribution in [2.24, 2.45) is 4.99 Å². The van der Waals surface area contributed by atoms with E-state index in [1.165, 1.54) is 22.4 Å². The molecule has 2 aromatic rings. The Balaban J connectivity index is 1.83. The number of hydrogen-bond donors (Lipinski definition) is 0. The van der Waals surface area contributed by atoms with Gasteiger partial charge in [0, 0.05) is 5.71 Å². The fraction of sp³-hybridized carbons (Fsp3) is 0.188. The van der Waals surface area contributed by atoms with Crippen molar-refractivity contribution in [2.45, 2.75) is 19.4 Å². The van der Waals surface area contributed by atoms with E-state index in [2.05, 4.69) is 48.5 Å². The van der Waals surface area contributed by atoms with Gasteiger partial charge in [-0.2, -0.15) is 0 Å². The summed E-state index contributed by atoms with van der Waals surface area (Å²) < 4.78 is 0. The van der Waals surface area contributed by atoms with Crippen LogP contribution < -0.4 is 0 Å². The quantitative estimate of drug-likeness (QED) is 0.734. The maximum atomic E-state index is 4.75. The molecule has 0 bridgehead atoms. The Bertz CT molecular complexity index is 540. The molecular weight excluding hydrogens is 206 g/mol. The number of aliphatic imine (C=N–C) groups is 1. The van der Waals surface area contributed by atoms with Gasteiger partial charge in [0.2, 0.25) is 0 Å². The molecular formula is C16H15N. The van der Waals surface area contributed by atoms with Gasteiger partial charge in [-0.15, -0.1) is 0 Å². The van der Waals surface area contributed by atoms with Crippen LogP contribution in [-0.4, -0.2) is 5.71 Å². The van der Waals surface area contributed by atoms with Gasteiger partial charge in [0.05, 0.1) is 6.54 Å². The standard InChI is InChI=1S/C16H15N/c1-2-6-13(7-3-1)12-17-16-11-10-14-8-4-5-9-15(14)16/h1-9H,10-12H2/b17-16+. The summed E-state index contributed by atoms with van der Waals surface area (Å²) in [5.41, 5.74) is 5.34. The van der Waals surface area contributed by atoms with Crippen LogP contribution in [0.4, 0.5) is 0 Å². The second-order valence-electron chi connectivity index (χ2n) is 4.41. The summed E-state index contributed by atoms with van der Waals surface area (Å²) >= 11 is 0. The molecule has 0 amide bonds. The Labute approximate surface area is 102 Å². The smallest absolute Gasteiger partial charge is 0.0643 e. The lowest BCUT2D eigenvalue weighted by atomic mass is 10.1.